The smallest absolute Gasteiger partial charge is 0.224 e. The van der Waals surface area contributed by atoms with Gasteiger partial charge in [0.25, 0.3) is 0 Å². The summed E-state index contributed by atoms with van der Waals surface area (Å²) in [7, 11) is 0. The Hall–Kier alpha value is -1.36. The summed E-state index contributed by atoms with van der Waals surface area (Å²) in [4.78, 5) is 13.8. The van der Waals surface area contributed by atoms with Crippen molar-refractivity contribution in [2.75, 3.05) is 49.5 Å². The third kappa shape index (κ3) is 4.34. The van der Waals surface area contributed by atoms with E-state index in [4.69, 9.17) is 0 Å². The molecule has 2 heterocycles. The molecule has 0 bridgehead atoms. The summed E-state index contributed by atoms with van der Waals surface area (Å²) in [5.41, 5.74) is 0. The SMILES string of the molecule is CCN1CCN(c2ccnc(NCCC(C)C)n2)CC1. The van der Waals surface area contributed by atoms with Gasteiger partial charge in [-0.25, -0.2) is 4.98 Å². The summed E-state index contributed by atoms with van der Waals surface area (Å²) in [5.74, 6) is 2.50. The van der Waals surface area contributed by atoms with Crippen LogP contribution in [0.15, 0.2) is 12.3 Å². The van der Waals surface area contributed by atoms with Crippen LogP contribution >= 0.6 is 0 Å². The monoisotopic (exact) mass is 277 g/mol. The molecule has 2 rings (SSSR count). The van der Waals surface area contributed by atoms with Crippen LogP contribution in [0.3, 0.4) is 0 Å². The molecular weight excluding hydrogens is 250 g/mol. The van der Waals surface area contributed by atoms with Crippen LogP contribution < -0.4 is 10.2 Å². The van der Waals surface area contributed by atoms with E-state index >= 15 is 0 Å². The molecule has 0 unspecified atom stereocenters. The lowest BCUT2D eigenvalue weighted by atomic mass is 10.1. The van der Waals surface area contributed by atoms with E-state index in [1.807, 2.05) is 12.3 Å². The Labute approximate surface area is 122 Å². The zero-order valence-corrected chi connectivity index (χ0v) is 13.0. The van der Waals surface area contributed by atoms with E-state index in [2.05, 4.69) is 45.9 Å². The second kappa shape index (κ2) is 7.43. The molecule has 0 saturated carbocycles. The molecule has 1 N–H and O–H groups in total. The normalized spacial score (nSPS) is 16.7. The van der Waals surface area contributed by atoms with Gasteiger partial charge in [0.05, 0.1) is 0 Å². The highest BCUT2D eigenvalue weighted by Gasteiger charge is 2.16. The van der Waals surface area contributed by atoms with Gasteiger partial charge in [0.15, 0.2) is 0 Å². The Morgan fingerprint density at radius 1 is 1.25 bits per heavy atom. The van der Waals surface area contributed by atoms with Crippen molar-refractivity contribution in [2.24, 2.45) is 5.92 Å². The lowest BCUT2D eigenvalue weighted by molar-refractivity contribution is 0.270. The molecule has 0 aliphatic carbocycles. The zero-order chi connectivity index (χ0) is 14.4. The van der Waals surface area contributed by atoms with Gasteiger partial charge >= 0.3 is 0 Å². The van der Waals surface area contributed by atoms with Gasteiger partial charge in [0.1, 0.15) is 5.82 Å². The molecule has 0 spiro atoms. The lowest BCUT2D eigenvalue weighted by Gasteiger charge is -2.34. The Kier molecular flexibility index (Phi) is 5.59. The van der Waals surface area contributed by atoms with E-state index in [1.54, 1.807) is 0 Å². The van der Waals surface area contributed by atoms with Gasteiger partial charge in [-0.1, -0.05) is 20.8 Å². The molecule has 1 aliphatic rings. The molecule has 0 aromatic carbocycles. The van der Waals surface area contributed by atoms with Gasteiger partial charge in [-0.2, -0.15) is 4.98 Å². The molecule has 5 nitrogen and oxygen atoms in total. The average molecular weight is 277 g/mol. The summed E-state index contributed by atoms with van der Waals surface area (Å²) < 4.78 is 0. The maximum atomic E-state index is 4.63. The summed E-state index contributed by atoms with van der Waals surface area (Å²) in [5, 5.41) is 3.32. The molecule has 1 saturated heterocycles. The number of nitrogens with zero attached hydrogens (tertiary/aromatic N) is 4. The van der Waals surface area contributed by atoms with Crippen LogP contribution in [0.4, 0.5) is 11.8 Å². The van der Waals surface area contributed by atoms with Gasteiger partial charge in [0, 0.05) is 38.9 Å². The summed E-state index contributed by atoms with van der Waals surface area (Å²) >= 11 is 0. The van der Waals surface area contributed by atoms with E-state index in [9.17, 15) is 0 Å². The fourth-order valence-electron chi connectivity index (χ4n) is 2.38. The van der Waals surface area contributed by atoms with Crippen LogP contribution in [0.5, 0.6) is 0 Å². The molecule has 1 aliphatic heterocycles. The topological polar surface area (TPSA) is 44.3 Å². The summed E-state index contributed by atoms with van der Waals surface area (Å²) in [6.07, 6.45) is 3.00. The number of hydrogen-bond acceptors (Lipinski definition) is 5. The largest absolute Gasteiger partial charge is 0.354 e. The second-order valence-corrected chi connectivity index (χ2v) is 5.77. The number of rotatable bonds is 6. The molecule has 112 valence electrons. The first-order valence-electron chi connectivity index (χ1n) is 7.73. The number of anilines is 2. The minimum Gasteiger partial charge on any atom is -0.354 e. The van der Waals surface area contributed by atoms with E-state index in [-0.39, 0.29) is 0 Å². The number of aromatic nitrogens is 2. The maximum Gasteiger partial charge on any atom is 0.224 e. The van der Waals surface area contributed by atoms with Crippen molar-refractivity contribution in [3.63, 3.8) is 0 Å². The summed E-state index contributed by atoms with van der Waals surface area (Å²) in [6.45, 7) is 13.1. The van der Waals surface area contributed by atoms with Crippen LogP contribution in [0.25, 0.3) is 0 Å². The third-order valence-corrected chi connectivity index (χ3v) is 3.79. The van der Waals surface area contributed by atoms with Crippen molar-refractivity contribution < 1.29 is 0 Å². The molecule has 0 radical (unpaired) electrons. The highest BCUT2D eigenvalue weighted by atomic mass is 15.3. The first kappa shape index (κ1) is 15.0. The Bertz CT molecular complexity index is 399. The minimum absolute atomic E-state index is 0.702. The van der Waals surface area contributed by atoms with Gasteiger partial charge in [-0.3, -0.25) is 0 Å². The standard InChI is InChI=1S/C15H27N5/c1-4-19-9-11-20(12-10-19)14-6-8-17-15(18-14)16-7-5-13(2)3/h6,8,13H,4-5,7,9-12H2,1-3H3,(H,16,17,18). The van der Waals surface area contributed by atoms with Crippen molar-refractivity contribution in [3.8, 4) is 0 Å². The predicted molar refractivity (Wildman–Crippen MR) is 84.3 cm³/mol. The van der Waals surface area contributed by atoms with E-state index < -0.39 is 0 Å². The Balaban J connectivity index is 1.89. The lowest BCUT2D eigenvalue weighted by Crippen LogP contribution is -2.46. The molecule has 1 aromatic heterocycles. The van der Waals surface area contributed by atoms with Crippen molar-refractivity contribution in [1.29, 1.82) is 0 Å². The van der Waals surface area contributed by atoms with Gasteiger partial charge < -0.3 is 15.1 Å². The molecule has 5 heteroatoms. The van der Waals surface area contributed by atoms with Gasteiger partial charge in [-0.05, 0) is 24.9 Å². The Morgan fingerprint density at radius 3 is 2.65 bits per heavy atom. The van der Waals surface area contributed by atoms with E-state index in [0.29, 0.717) is 5.92 Å². The molecule has 0 atom stereocenters. The van der Waals surface area contributed by atoms with Crippen LogP contribution in [0, 0.1) is 5.92 Å². The minimum atomic E-state index is 0.702. The van der Waals surface area contributed by atoms with Crippen LogP contribution in [-0.2, 0) is 0 Å². The first-order chi connectivity index (χ1) is 9.69. The summed E-state index contributed by atoms with van der Waals surface area (Å²) in [6, 6.07) is 2.01. The molecule has 20 heavy (non-hydrogen) atoms. The van der Waals surface area contributed by atoms with Gasteiger partial charge in [0.2, 0.25) is 5.95 Å². The Morgan fingerprint density at radius 2 is 2.00 bits per heavy atom. The van der Waals surface area contributed by atoms with E-state index in [0.717, 1.165) is 57.5 Å². The zero-order valence-electron chi connectivity index (χ0n) is 13.0. The quantitative estimate of drug-likeness (QED) is 0.862. The highest BCUT2D eigenvalue weighted by Crippen LogP contribution is 2.14. The van der Waals surface area contributed by atoms with E-state index in [1.165, 1.54) is 0 Å². The number of nitrogens with one attached hydrogen (secondary N) is 1. The number of piperazine rings is 1. The maximum absolute atomic E-state index is 4.63. The molecule has 1 fully saturated rings. The number of likely N-dealkylation sites (N-methyl/N-ethyl adjacent to an activating group) is 1. The average Bonchev–Trinajstić information content (AvgIpc) is 2.47. The van der Waals surface area contributed by atoms with Crippen LogP contribution in [0.1, 0.15) is 27.2 Å². The highest BCUT2D eigenvalue weighted by molar-refractivity contribution is 5.42. The second-order valence-electron chi connectivity index (χ2n) is 5.77. The van der Waals surface area contributed by atoms with Gasteiger partial charge in [-0.15, -0.1) is 0 Å². The fourth-order valence-corrected chi connectivity index (χ4v) is 2.38. The predicted octanol–water partition coefficient (Wildman–Crippen LogP) is 2.08. The van der Waals surface area contributed by atoms with Crippen molar-refractivity contribution in [1.82, 2.24) is 14.9 Å². The van der Waals surface area contributed by atoms with Crippen LogP contribution in [0.2, 0.25) is 0 Å². The van der Waals surface area contributed by atoms with Crippen molar-refractivity contribution >= 4 is 11.8 Å². The molecule has 1 aromatic rings. The van der Waals surface area contributed by atoms with Crippen LogP contribution in [-0.4, -0.2) is 54.1 Å². The van der Waals surface area contributed by atoms with Crippen molar-refractivity contribution in [2.45, 2.75) is 27.2 Å². The fraction of sp³-hybridized carbons (Fsp3) is 0.733. The molecular formula is C15H27N5. The van der Waals surface area contributed by atoms with Crippen molar-refractivity contribution in [3.05, 3.63) is 12.3 Å². The number of hydrogen-bond donors (Lipinski definition) is 1. The first-order valence-corrected chi connectivity index (χ1v) is 7.73. The molecule has 0 amide bonds. The third-order valence-electron chi connectivity index (χ3n) is 3.79.